The first-order chi connectivity index (χ1) is 18.6. The van der Waals surface area contributed by atoms with Gasteiger partial charge in [-0.3, -0.25) is 0 Å². The zero-order valence-electron chi connectivity index (χ0n) is 20.7. The van der Waals surface area contributed by atoms with Crippen LogP contribution in [0.2, 0.25) is 0 Å². The fraction of sp³-hybridized carbons (Fsp3) is 0.346. The van der Waals surface area contributed by atoms with Gasteiger partial charge in [-0.05, 0) is 28.7 Å². The second kappa shape index (κ2) is 11.5. The van der Waals surface area contributed by atoms with Crippen molar-refractivity contribution in [2.75, 3.05) is 19.8 Å². The van der Waals surface area contributed by atoms with Gasteiger partial charge in [0.2, 0.25) is 17.3 Å². The van der Waals surface area contributed by atoms with Crippen LogP contribution in [0.1, 0.15) is 23.7 Å². The molecule has 0 amide bonds. The maximum absolute atomic E-state index is 17.0. The van der Waals surface area contributed by atoms with E-state index in [4.69, 9.17) is 24.5 Å². The number of alkyl halides is 1. The highest BCUT2D eigenvalue weighted by Gasteiger charge is 2.55. The Morgan fingerprint density at radius 3 is 2.53 bits per heavy atom. The normalized spacial score (nSPS) is 20.9. The molecule has 4 aromatic rings. The van der Waals surface area contributed by atoms with Crippen molar-refractivity contribution in [2.45, 2.75) is 38.0 Å². The van der Waals surface area contributed by atoms with Crippen molar-refractivity contribution in [1.29, 1.82) is 0 Å². The summed E-state index contributed by atoms with van der Waals surface area (Å²) < 4.78 is 41.8. The van der Waals surface area contributed by atoms with Gasteiger partial charge >= 0.3 is 0 Å². The third-order valence-corrected chi connectivity index (χ3v) is 6.12. The van der Waals surface area contributed by atoms with E-state index < -0.39 is 17.9 Å². The van der Waals surface area contributed by atoms with Crippen LogP contribution in [-0.4, -0.2) is 51.6 Å². The number of rotatable bonds is 11. The lowest BCUT2D eigenvalue weighted by Gasteiger charge is -2.28. The highest BCUT2D eigenvalue weighted by Crippen LogP contribution is 2.41. The first kappa shape index (κ1) is 25.6. The van der Waals surface area contributed by atoms with Crippen molar-refractivity contribution >= 4 is 11.6 Å². The third kappa shape index (κ3) is 5.29. The number of hydrogen-bond acceptors (Lipinski definition) is 8. The van der Waals surface area contributed by atoms with Crippen LogP contribution in [0, 0.1) is 0 Å². The molecule has 1 fully saturated rings. The van der Waals surface area contributed by atoms with Gasteiger partial charge in [-0.15, -0.1) is 5.10 Å². The monoisotopic (exact) mass is 519 g/mol. The third-order valence-electron chi connectivity index (χ3n) is 6.12. The number of aromatic nitrogens is 4. The van der Waals surface area contributed by atoms with Gasteiger partial charge in [-0.25, -0.2) is 13.9 Å². The number of azide groups is 1. The average Bonchev–Trinajstić information content (AvgIpc) is 3.51. The summed E-state index contributed by atoms with van der Waals surface area (Å²) in [4.78, 5) is 11.1. The number of fused-ring (bicyclic) bond motifs is 1. The standard InChI is InChI=1S/C26H26FN7O4/c1-2-36-24-23-29-13-21(34(23)32-25(30-24)31-33-28)26(27)17-38-20(16-35-14-18-9-5-3-6-10-18)22(26)37-15-19-11-7-4-8-12-19/h3-13,20,22H,2,14-17H2,1H3/t20-,22-,26+/m1/s1. The number of nitrogens with zero attached hydrogens (tertiary/aromatic N) is 7. The molecule has 196 valence electrons. The van der Waals surface area contributed by atoms with Crippen LogP contribution in [0.3, 0.4) is 0 Å². The Bertz CT molecular complexity index is 1420. The molecule has 2 aromatic carbocycles. The van der Waals surface area contributed by atoms with E-state index in [9.17, 15) is 0 Å². The molecule has 1 saturated heterocycles. The predicted molar refractivity (Wildman–Crippen MR) is 134 cm³/mol. The van der Waals surface area contributed by atoms with Gasteiger partial charge in [0.05, 0.1) is 39.2 Å². The molecule has 0 N–H and O–H groups in total. The summed E-state index contributed by atoms with van der Waals surface area (Å²) in [6.45, 7) is 2.35. The van der Waals surface area contributed by atoms with Crippen molar-refractivity contribution in [2.24, 2.45) is 5.11 Å². The van der Waals surface area contributed by atoms with E-state index in [1.165, 1.54) is 10.7 Å². The van der Waals surface area contributed by atoms with Crippen molar-refractivity contribution < 1.29 is 23.3 Å². The maximum atomic E-state index is 17.0. The van der Waals surface area contributed by atoms with Gasteiger partial charge in [0.1, 0.15) is 17.9 Å². The molecule has 3 heterocycles. The Morgan fingerprint density at radius 1 is 1.13 bits per heavy atom. The molecule has 11 nitrogen and oxygen atoms in total. The Balaban J connectivity index is 1.46. The summed E-state index contributed by atoms with van der Waals surface area (Å²) in [6.07, 6.45) is -0.406. The van der Waals surface area contributed by atoms with E-state index in [0.717, 1.165) is 11.1 Å². The summed E-state index contributed by atoms with van der Waals surface area (Å²) in [5, 5.41) is 7.67. The van der Waals surface area contributed by atoms with Gasteiger partial charge in [0.25, 0.3) is 5.88 Å². The Morgan fingerprint density at radius 2 is 1.84 bits per heavy atom. The molecule has 3 atom stereocenters. The zero-order valence-corrected chi connectivity index (χ0v) is 20.7. The maximum Gasteiger partial charge on any atom is 0.261 e. The highest BCUT2D eigenvalue weighted by atomic mass is 19.1. The van der Waals surface area contributed by atoms with E-state index in [1.807, 2.05) is 60.7 Å². The van der Waals surface area contributed by atoms with Crippen molar-refractivity contribution in [3.8, 4) is 5.88 Å². The van der Waals surface area contributed by atoms with E-state index in [2.05, 4.69) is 25.1 Å². The first-order valence-corrected chi connectivity index (χ1v) is 12.1. The minimum atomic E-state index is -2.15. The van der Waals surface area contributed by atoms with Crippen LogP contribution in [0.4, 0.5) is 10.3 Å². The lowest BCUT2D eigenvalue weighted by molar-refractivity contribution is -0.0860. The topological polar surface area (TPSA) is 129 Å². The molecular weight excluding hydrogens is 493 g/mol. The number of imidazole rings is 1. The molecule has 0 unspecified atom stereocenters. The van der Waals surface area contributed by atoms with Gasteiger partial charge in [0.15, 0.2) is 0 Å². The van der Waals surface area contributed by atoms with Crippen molar-refractivity contribution in [3.63, 3.8) is 0 Å². The SMILES string of the molecule is CCOc1nc(N=[N+]=[N-])nn2c([C@@]3(F)CO[C@H](COCc4ccccc4)[C@H]3OCc3ccccc3)cnc12. The van der Waals surface area contributed by atoms with E-state index in [0.29, 0.717) is 6.61 Å². The molecule has 0 bridgehead atoms. The predicted octanol–water partition coefficient (Wildman–Crippen LogP) is 4.83. The first-order valence-electron chi connectivity index (χ1n) is 12.1. The Kier molecular flexibility index (Phi) is 7.75. The van der Waals surface area contributed by atoms with Gasteiger partial charge in [-0.2, -0.15) is 4.98 Å². The summed E-state index contributed by atoms with van der Waals surface area (Å²) in [6, 6.07) is 19.2. The van der Waals surface area contributed by atoms with E-state index >= 15 is 4.39 Å². The van der Waals surface area contributed by atoms with Gasteiger partial charge in [0, 0.05) is 4.91 Å². The number of benzene rings is 2. The van der Waals surface area contributed by atoms with Crippen LogP contribution < -0.4 is 4.74 Å². The van der Waals surface area contributed by atoms with Gasteiger partial charge < -0.3 is 18.9 Å². The smallest absolute Gasteiger partial charge is 0.261 e. The summed E-state index contributed by atoms with van der Waals surface area (Å²) in [5.41, 5.74) is 8.87. The molecule has 0 saturated carbocycles. The Hall–Kier alpha value is -4.09. The summed E-state index contributed by atoms with van der Waals surface area (Å²) in [5.74, 6) is -0.155. The van der Waals surface area contributed by atoms with E-state index in [-0.39, 0.29) is 49.6 Å². The van der Waals surface area contributed by atoms with Crippen LogP contribution in [0.25, 0.3) is 16.1 Å². The second-order valence-electron chi connectivity index (χ2n) is 8.65. The number of halogens is 1. The van der Waals surface area contributed by atoms with Crippen molar-refractivity contribution in [1.82, 2.24) is 19.6 Å². The van der Waals surface area contributed by atoms with Crippen LogP contribution in [0.5, 0.6) is 5.88 Å². The minimum Gasteiger partial charge on any atom is -0.475 e. The molecular formula is C26H26FN7O4. The molecule has 0 aliphatic carbocycles. The molecule has 2 aromatic heterocycles. The fourth-order valence-corrected chi connectivity index (χ4v) is 4.36. The molecule has 1 aliphatic heterocycles. The molecule has 0 spiro atoms. The molecule has 38 heavy (non-hydrogen) atoms. The number of ether oxygens (including phenoxy) is 4. The number of hydrogen-bond donors (Lipinski definition) is 0. The average molecular weight is 520 g/mol. The van der Waals surface area contributed by atoms with E-state index in [1.54, 1.807) is 6.92 Å². The fourth-order valence-electron chi connectivity index (χ4n) is 4.36. The lowest BCUT2D eigenvalue weighted by atomic mass is 9.95. The summed E-state index contributed by atoms with van der Waals surface area (Å²) >= 11 is 0. The molecule has 0 radical (unpaired) electrons. The van der Waals surface area contributed by atoms with Crippen molar-refractivity contribution in [3.05, 3.63) is 94.1 Å². The molecule has 5 rings (SSSR count). The molecule has 12 heteroatoms. The van der Waals surface area contributed by atoms with Crippen LogP contribution >= 0.6 is 0 Å². The van der Waals surface area contributed by atoms with Crippen LogP contribution in [0.15, 0.2) is 72.0 Å². The zero-order chi connectivity index (χ0) is 26.4. The quantitative estimate of drug-likeness (QED) is 0.158. The van der Waals surface area contributed by atoms with Gasteiger partial charge in [-0.1, -0.05) is 60.7 Å². The minimum absolute atomic E-state index is 0.0638. The summed E-state index contributed by atoms with van der Waals surface area (Å²) in [7, 11) is 0. The second-order valence-corrected chi connectivity index (χ2v) is 8.65. The lowest BCUT2D eigenvalue weighted by Crippen LogP contribution is -2.42. The molecule has 1 aliphatic rings. The highest BCUT2D eigenvalue weighted by molar-refractivity contribution is 5.52. The Labute approximate surface area is 217 Å². The largest absolute Gasteiger partial charge is 0.475 e. The van der Waals surface area contributed by atoms with Crippen LogP contribution in [-0.2, 0) is 33.1 Å².